The molecule has 0 bridgehead atoms. The Morgan fingerprint density at radius 1 is 1.09 bits per heavy atom. The Hall–Kier alpha value is -2.43. The molecule has 1 aliphatic rings. The quantitative estimate of drug-likeness (QED) is 0.907. The molecule has 0 spiro atoms. The lowest BCUT2D eigenvalue weighted by Crippen LogP contribution is -2.29. The Kier molecular flexibility index (Phi) is 4.63. The lowest BCUT2D eigenvalue weighted by Gasteiger charge is -2.28. The van der Waals surface area contributed by atoms with E-state index in [1.807, 2.05) is 18.2 Å². The van der Waals surface area contributed by atoms with E-state index >= 15 is 0 Å². The number of carbonyl (C=O) groups is 1. The molecule has 3 rings (SSSR count). The summed E-state index contributed by atoms with van der Waals surface area (Å²) in [5.74, 6) is 0.732. The third kappa shape index (κ3) is 3.81. The van der Waals surface area contributed by atoms with E-state index in [-0.39, 0.29) is 6.03 Å². The lowest BCUT2D eigenvalue weighted by atomic mass is 10.1. The molecule has 0 aliphatic carbocycles. The molecule has 5 heteroatoms. The van der Waals surface area contributed by atoms with Crippen LogP contribution in [0.2, 0.25) is 0 Å². The van der Waals surface area contributed by atoms with Crippen LogP contribution in [0.5, 0.6) is 0 Å². The van der Waals surface area contributed by atoms with Crippen LogP contribution in [-0.2, 0) is 6.54 Å². The van der Waals surface area contributed by atoms with Crippen LogP contribution < -0.4 is 15.5 Å². The third-order valence-corrected chi connectivity index (χ3v) is 3.85. The van der Waals surface area contributed by atoms with Crippen molar-refractivity contribution in [2.75, 3.05) is 23.3 Å². The van der Waals surface area contributed by atoms with Gasteiger partial charge < -0.3 is 20.0 Å². The minimum Gasteiger partial charge on any atom is -0.467 e. The highest BCUT2D eigenvalue weighted by molar-refractivity contribution is 5.89. The highest BCUT2D eigenvalue weighted by Crippen LogP contribution is 2.21. The van der Waals surface area contributed by atoms with Crippen LogP contribution in [-0.4, -0.2) is 19.1 Å². The Balaban J connectivity index is 1.50. The third-order valence-electron chi connectivity index (χ3n) is 3.85. The molecule has 0 saturated carbocycles. The van der Waals surface area contributed by atoms with Crippen molar-refractivity contribution >= 4 is 17.4 Å². The van der Waals surface area contributed by atoms with Gasteiger partial charge in [-0.1, -0.05) is 0 Å². The van der Waals surface area contributed by atoms with Gasteiger partial charge in [0.2, 0.25) is 0 Å². The van der Waals surface area contributed by atoms with Crippen LogP contribution in [0.3, 0.4) is 0 Å². The zero-order valence-corrected chi connectivity index (χ0v) is 12.5. The second-order valence-corrected chi connectivity index (χ2v) is 5.48. The van der Waals surface area contributed by atoms with Crippen LogP contribution >= 0.6 is 0 Å². The fraction of sp³-hybridized carbons (Fsp3) is 0.353. The maximum Gasteiger partial charge on any atom is 0.319 e. The van der Waals surface area contributed by atoms with Gasteiger partial charge in [-0.05, 0) is 55.7 Å². The minimum absolute atomic E-state index is 0.234. The summed E-state index contributed by atoms with van der Waals surface area (Å²) in [6, 6.07) is 11.4. The Morgan fingerprint density at radius 3 is 2.55 bits per heavy atom. The highest BCUT2D eigenvalue weighted by atomic mass is 16.3. The number of rotatable bonds is 4. The average Bonchev–Trinajstić information content (AvgIpc) is 3.08. The first-order valence-corrected chi connectivity index (χ1v) is 7.73. The van der Waals surface area contributed by atoms with Crippen molar-refractivity contribution in [2.45, 2.75) is 25.8 Å². The van der Waals surface area contributed by atoms with E-state index in [1.165, 1.54) is 24.9 Å². The monoisotopic (exact) mass is 299 g/mol. The fourth-order valence-electron chi connectivity index (χ4n) is 2.66. The molecule has 1 saturated heterocycles. The highest BCUT2D eigenvalue weighted by Gasteiger charge is 2.10. The zero-order chi connectivity index (χ0) is 15.2. The number of hydrogen-bond acceptors (Lipinski definition) is 3. The molecule has 5 nitrogen and oxygen atoms in total. The van der Waals surface area contributed by atoms with Crippen molar-refractivity contribution in [3.63, 3.8) is 0 Å². The maximum absolute atomic E-state index is 11.8. The molecule has 2 N–H and O–H groups in total. The molecule has 1 aliphatic heterocycles. The molecule has 1 fully saturated rings. The normalized spacial score (nSPS) is 14.6. The fourth-order valence-corrected chi connectivity index (χ4v) is 2.66. The molecule has 2 amide bonds. The number of piperidine rings is 1. The number of amides is 2. The van der Waals surface area contributed by atoms with Gasteiger partial charge in [0.15, 0.2) is 0 Å². The molecule has 2 aromatic rings. The van der Waals surface area contributed by atoms with Crippen LogP contribution in [0.1, 0.15) is 25.0 Å². The minimum atomic E-state index is -0.234. The van der Waals surface area contributed by atoms with Crippen molar-refractivity contribution < 1.29 is 9.21 Å². The van der Waals surface area contributed by atoms with Gasteiger partial charge in [-0.3, -0.25) is 0 Å². The van der Waals surface area contributed by atoms with E-state index < -0.39 is 0 Å². The topological polar surface area (TPSA) is 57.5 Å². The van der Waals surface area contributed by atoms with E-state index in [9.17, 15) is 4.79 Å². The van der Waals surface area contributed by atoms with Crippen molar-refractivity contribution in [1.82, 2.24) is 5.32 Å². The molecule has 0 radical (unpaired) electrons. The Labute approximate surface area is 130 Å². The van der Waals surface area contributed by atoms with Gasteiger partial charge in [0, 0.05) is 24.5 Å². The SMILES string of the molecule is O=C(NCc1ccco1)Nc1ccc(N2CCCCC2)cc1. The van der Waals surface area contributed by atoms with Crippen LogP contribution in [0.15, 0.2) is 47.1 Å². The summed E-state index contributed by atoms with van der Waals surface area (Å²) in [5, 5.41) is 5.58. The van der Waals surface area contributed by atoms with Gasteiger partial charge in [0.25, 0.3) is 0 Å². The second-order valence-electron chi connectivity index (χ2n) is 5.48. The van der Waals surface area contributed by atoms with Crippen LogP contribution in [0.4, 0.5) is 16.2 Å². The number of nitrogens with one attached hydrogen (secondary N) is 2. The van der Waals surface area contributed by atoms with E-state index in [2.05, 4.69) is 27.7 Å². The molecule has 116 valence electrons. The predicted octanol–water partition coefficient (Wildman–Crippen LogP) is 3.59. The van der Waals surface area contributed by atoms with E-state index in [0.29, 0.717) is 6.54 Å². The van der Waals surface area contributed by atoms with Crippen LogP contribution in [0.25, 0.3) is 0 Å². The number of furan rings is 1. The van der Waals surface area contributed by atoms with Gasteiger partial charge in [-0.2, -0.15) is 0 Å². The summed E-state index contributed by atoms with van der Waals surface area (Å²) in [6.45, 7) is 2.62. The molecule has 0 unspecified atom stereocenters. The second kappa shape index (κ2) is 7.02. The van der Waals surface area contributed by atoms with Gasteiger partial charge >= 0.3 is 6.03 Å². The van der Waals surface area contributed by atoms with E-state index in [1.54, 1.807) is 12.3 Å². The smallest absolute Gasteiger partial charge is 0.319 e. The molecular weight excluding hydrogens is 278 g/mol. The van der Waals surface area contributed by atoms with E-state index in [0.717, 1.165) is 24.5 Å². The number of hydrogen-bond donors (Lipinski definition) is 2. The first-order valence-electron chi connectivity index (χ1n) is 7.73. The number of benzene rings is 1. The molecule has 2 heterocycles. The molecular formula is C17H21N3O2. The zero-order valence-electron chi connectivity index (χ0n) is 12.5. The molecule has 1 aromatic heterocycles. The number of anilines is 2. The van der Waals surface area contributed by atoms with E-state index in [4.69, 9.17) is 4.42 Å². The largest absolute Gasteiger partial charge is 0.467 e. The first kappa shape index (κ1) is 14.5. The summed E-state index contributed by atoms with van der Waals surface area (Å²) in [7, 11) is 0. The predicted molar refractivity (Wildman–Crippen MR) is 87.1 cm³/mol. The number of nitrogens with zero attached hydrogens (tertiary/aromatic N) is 1. The van der Waals surface area contributed by atoms with Crippen molar-refractivity contribution in [1.29, 1.82) is 0 Å². The van der Waals surface area contributed by atoms with Crippen molar-refractivity contribution in [3.05, 3.63) is 48.4 Å². The maximum atomic E-state index is 11.8. The molecule has 0 atom stereocenters. The summed E-state index contributed by atoms with van der Waals surface area (Å²) in [6.07, 6.45) is 5.44. The van der Waals surface area contributed by atoms with Crippen molar-refractivity contribution in [3.8, 4) is 0 Å². The first-order chi connectivity index (χ1) is 10.8. The van der Waals surface area contributed by atoms with Crippen LogP contribution in [0, 0.1) is 0 Å². The Bertz CT molecular complexity index is 587. The standard InChI is InChI=1S/C17H21N3O2/c21-17(18-13-16-5-4-12-22-16)19-14-6-8-15(9-7-14)20-10-2-1-3-11-20/h4-9,12H,1-3,10-11,13H2,(H2,18,19,21). The van der Waals surface area contributed by atoms with Gasteiger partial charge in [0.1, 0.15) is 5.76 Å². The summed E-state index contributed by atoms with van der Waals surface area (Å²) >= 11 is 0. The Morgan fingerprint density at radius 2 is 1.86 bits per heavy atom. The molecule has 22 heavy (non-hydrogen) atoms. The van der Waals surface area contributed by atoms with Crippen molar-refractivity contribution in [2.24, 2.45) is 0 Å². The average molecular weight is 299 g/mol. The number of urea groups is 1. The van der Waals surface area contributed by atoms with Gasteiger partial charge in [-0.15, -0.1) is 0 Å². The van der Waals surface area contributed by atoms with Gasteiger partial charge in [0.05, 0.1) is 12.8 Å². The lowest BCUT2D eigenvalue weighted by molar-refractivity contribution is 0.251. The van der Waals surface area contributed by atoms with Gasteiger partial charge in [-0.25, -0.2) is 4.79 Å². The summed E-state index contributed by atoms with van der Waals surface area (Å²) in [4.78, 5) is 14.2. The summed E-state index contributed by atoms with van der Waals surface area (Å²) < 4.78 is 5.17. The number of carbonyl (C=O) groups excluding carboxylic acids is 1. The molecule has 1 aromatic carbocycles. The summed E-state index contributed by atoms with van der Waals surface area (Å²) in [5.41, 5.74) is 2.01.